The summed E-state index contributed by atoms with van der Waals surface area (Å²) in [5.41, 5.74) is 2.55. The molecule has 2 aliphatic rings. The number of carbonyl (C=O) groups excluding carboxylic acids is 1. The molecule has 1 aliphatic heterocycles. The molecule has 4 aromatic rings. The van der Waals surface area contributed by atoms with Crippen LogP contribution in [-0.2, 0) is 4.74 Å². The molecular formula is C25H29N7O3. The molecular weight excluding hydrogens is 446 g/mol. The molecule has 10 heteroatoms. The Morgan fingerprint density at radius 1 is 1.26 bits per heavy atom. The van der Waals surface area contributed by atoms with Crippen LogP contribution >= 0.6 is 0 Å². The summed E-state index contributed by atoms with van der Waals surface area (Å²) in [7, 11) is 1.82. The molecule has 2 fully saturated rings. The number of anilines is 1. The molecule has 3 N–H and O–H groups in total. The number of fused-ring (bicyclic) bond motifs is 2. The predicted octanol–water partition coefficient (Wildman–Crippen LogP) is 2.78. The number of rotatable bonds is 5. The van der Waals surface area contributed by atoms with Crippen LogP contribution in [0.15, 0.2) is 36.8 Å². The second-order valence-electron chi connectivity index (χ2n) is 9.66. The second-order valence-corrected chi connectivity index (χ2v) is 9.66. The number of aromatic nitrogens is 5. The fourth-order valence-electron chi connectivity index (χ4n) is 5.14. The van der Waals surface area contributed by atoms with Crippen LogP contribution in [0.5, 0.6) is 0 Å². The molecule has 0 spiro atoms. The van der Waals surface area contributed by atoms with Crippen molar-refractivity contribution in [1.82, 2.24) is 29.5 Å². The molecule has 1 amide bonds. The van der Waals surface area contributed by atoms with Gasteiger partial charge in [-0.25, -0.2) is 9.97 Å². The first-order valence-corrected chi connectivity index (χ1v) is 12.1. The summed E-state index contributed by atoms with van der Waals surface area (Å²) in [5.74, 6) is 0.429. The van der Waals surface area contributed by atoms with Crippen molar-refractivity contribution in [2.75, 3.05) is 25.6 Å². The standard InChI is InChI=1S/C25H29N7O3/c1-25(34)8-5-20(25)30-24(33)17-13-28-32-21(26-2)12-19(29-23(17)32)18-14-31(15-6-10-35-11-7-15)22-16(18)4-3-9-27-22/h3-4,9,12-15,20,26,34H,5-8,10-11H2,1-2H3,(H,30,33)/t20-,25-/m0/s1. The summed E-state index contributed by atoms with van der Waals surface area (Å²) in [4.78, 5) is 22.7. The summed E-state index contributed by atoms with van der Waals surface area (Å²) in [6, 6.07) is 5.96. The van der Waals surface area contributed by atoms with Crippen LogP contribution in [0.2, 0.25) is 0 Å². The van der Waals surface area contributed by atoms with E-state index in [0.717, 1.165) is 60.6 Å². The molecule has 1 aliphatic carbocycles. The van der Waals surface area contributed by atoms with E-state index in [0.29, 0.717) is 23.7 Å². The molecule has 4 aromatic heterocycles. The highest BCUT2D eigenvalue weighted by molar-refractivity contribution is 6.01. The Morgan fingerprint density at radius 3 is 2.80 bits per heavy atom. The van der Waals surface area contributed by atoms with Gasteiger partial charge in [-0.3, -0.25) is 4.79 Å². The number of hydrogen-bond donors (Lipinski definition) is 3. The van der Waals surface area contributed by atoms with Crippen molar-refractivity contribution < 1.29 is 14.6 Å². The zero-order valence-electron chi connectivity index (χ0n) is 19.9. The highest BCUT2D eigenvalue weighted by Gasteiger charge is 2.42. The molecule has 0 bridgehead atoms. The average Bonchev–Trinajstić information content (AvgIpc) is 3.48. The number of pyridine rings is 1. The van der Waals surface area contributed by atoms with Gasteiger partial charge >= 0.3 is 0 Å². The number of nitrogens with zero attached hydrogens (tertiary/aromatic N) is 5. The van der Waals surface area contributed by atoms with E-state index in [1.165, 1.54) is 6.20 Å². The molecule has 35 heavy (non-hydrogen) atoms. The van der Waals surface area contributed by atoms with Gasteiger partial charge in [0.2, 0.25) is 0 Å². The van der Waals surface area contributed by atoms with E-state index in [-0.39, 0.29) is 11.9 Å². The summed E-state index contributed by atoms with van der Waals surface area (Å²) in [6.45, 7) is 3.22. The lowest BCUT2D eigenvalue weighted by molar-refractivity contribution is -0.0486. The number of hydrogen-bond acceptors (Lipinski definition) is 7. The first-order valence-electron chi connectivity index (χ1n) is 12.1. The maximum atomic E-state index is 13.1. The Morgan fingerprint density at radius 2 is 2.09 bits per heavy atom. The Labute approximate surface area is 202 Å². The van der Waals surface area contributed by atoms with E-state index in [1.807, 2.05) is 25.4 Å². The van der Waals surface area contributed by atoms with Crippen LogP contribution in [0.3, 0.4) is 0 Å². The molecule has 0 aromatic carbocycles. The fraction of sp³-hybridized carbons (Fsp3) is 0.440. The molecule has 10 nitrogen and oxygen atoms in total. The summed E-state index contributed by atoms with van der Waals surface area (Å²) in [6.07, 6.45) is 8.75. The fourth-order valence-corrected chi connectivity index (χ4v) is 5.14. The van der Waals surface area contributed by atoms with E-state index < -0.39 is 5.60 Å². The monoisotopic (exact) mass is 475 g/mol. The lowest BCUT2D eigenvalue weighted by atomic mass is 9.76. The van der Waals surface area contributed by atoms with E-state index in [9.17, 15) is 9.90 Å². The zero-order chi connectivity index (χ0) is 24.2. The Kier molecular flexibility index (Phi) is 5.23. The minimum Gasteiger partial charge on any atom is -0.388 e. The van der Waals surface area contributed by atoms with Crippen molar-refractivity contribution >= 4 is 28.4 Å². The van der Waals surface area contributed by atoms with Crippen LogP contribution in [0, 0.1) is 0 Å². The summed E-state index contributed by atoms with van der Waals surface area (Å²) < 4.78 is 9.43. The first kappa shape index (κ1) is 22.0. The Bertz CT molecular complexity index is 1420. The van der Waals surface area contributed by atoms with Crippen molar-refractivity contribution in [2.24, 2.45) is 0 Å². The smallest absolute Gasteiger partial charge is 0.257 e. The normalized spacial score (nSPS) is 22.9. The SMILES string of the molecule is CNc1cc(-c2cn(C3CCOCC3)c3ncccc23)nc2c(C(=O)N[C@H]3CC[C@]3(C)O)cnn12. The first-order chi connectivity index (χ1) is 17.0. The Hall–Kier alpha value is -3.50. The van der Waals surface area contributed by atoms with E-state index in [2.05, 4.69) is 37.5 Å². The van der Waals surface area contributed by atoms with Crippen molar-refractivity contribution in [3.05, 3.63) is 42.4 Å². The lowest BCUT2D eigenvalue weighted by Gasteiger charge is -2.42. The average molecular weight is 476 g/mol. The molecule has 6 rings (SSSR count). The molecule has 0 radical (unpaired) electrons. The van der Waals surface area contributed by atoms with E-state index in [4.69, 9.17) is 9.72 Å². The molecule has 0 unspecified atom stereocenters. The minimum absolute atomic E-state index is 0.277. The third-order valence-corrected chi connectivity index (χ3v) is 7.42. The van der Waals surface area contributed by atoms with Crippen LogP contribution in [0.4, 0.5) is 5.82 Å². The van der Waals surface area contributed by atoms with Gasteiger partial charge in [0.1, 0.15) is 17.0 Å². The number of ether oxygens (including phenoxy) is 1. The second kappa shape index (κ2) is 8.31. The van der Waals surface area contributed by atoms with Gasteiger partial charge in [-0.2, -0.15) is 9.61 Å². The van der Waals surface area contributed by atoms with Crippen LogP contribution < -0.4 is 10.6 Å². The van der Waals surface area contributed by atoms with Gasteiger partial charge < -0.3 is 25.0 Å². The number of carbonyl (C=O) groups is 1. The van der Waals surface area contributed by atoms with Gasteiger partial charge in [-0.15, -0.1) is 0 Å². The summed E-state index contributed by atoms with van der Waals surface area (Å²) in [5, 5.41) is 21.9. The molecule has 5 heterocycles. The third-order valence-electron chi connectivity index (χ3n) is 7.42. The lowest BCUT2D eigenvalue weighted by Crippen LogP contribution is -2.58. The van der Waals surface area contributed by atoms with E-state index in [1.54, 1.807) is 11.4 Å². The van der Waals surface area contributed by atoms with Gasteiger partial charge in [-0.1, -0.05) is 0 Å². The van der Waals surface area contributed by atoms with Crippen LogP contribution in [0.25, 0.3) is 27.9 Å². The van der Waals surface area contributed by atoms with E-state index >= 15 is 0 Å². The molecule has 2 atom stereocenters. The predicted molar refractivity (Wildman–Crippen MR) is 131 cm³/mol. The maximum Gasteiger partial charge on any atom is 0.257 e. The highest BCUT2D eigenvalue weighted by Crippen LogP contribution is 2.35. The van der Waals surface area contributed by atoms with Gasteiger partial charge in [0.05, 0.1) is 23.5 Å². The number of nitrogens with one attached hydrogen (secondary N) is 2. The van der Waals surface area contributed by atoms with Crippen molar-refractivity contribution in [1.29, 1.82) is 0 Å². The Balaban J connectivity index is 1.45. The number of aliphatic hydroxyl groups is 1. The quantitative estimate of drug-likeness (QED) is 0.406. The molecule has 182 valence electrons. The summed E-state index contributed by atoms with van der Waals surface area (Å²) >= 11 is 0. The van der Waals surface area contributed by atoms with Gasteiger partial charge in [-0.05, 0) is 44.7 Å². The highest BCUT2D eigenvalue weighted by atomic mass is 16.5. The van der Waals surface area contributed by atoms with Gasteiger partial charge in [0, 0.05) is 55.7 Å². The minimum atomic E-state index is -0.883. The van der Waals surface area contributed by atoms with Crippen molar-refractivity contribution in [3.63, 3.8) is 0 Å². The van der Waals surface area contributed by atoms with Crippen LogP contribution in [0.1, 0.15) is 49.0 Å². The van der Waals surface area contributed by atoms with Crippen molar-refractivity contribution in [3.8, 4) is 11.3 Å². The third kappa shape index (κ3) is 3.64. The van der Waals surface area contributed by atoms with Gasteiger partial charge in [0.15, 0.2) is 5.65 Å². The number of amides is 1. The molecule has 1 saturated carbocycles. The van der Waals surface area contributed by atoms with Crippen molar-refractivity contribution in [2.45, 2.75) is 50.3 Å². The topological polar surface area (TPSA) is 119 Å². The maximum absolute atomic E-state index is 13.1. The van der Waals surface area contributed by atoms with Crippen LogP contribution in [-0.4, -0.2) is 67.1 Å². The molecule has 1 saturated heterocycles. The zero-order valence-corrected chi connectivity index (χ0v) is 19.9. The van der Waals surface area contributed by atoms with Gasteiger partial charge in [0.25, 0.3) is 5.91 Å². The largest absolute Gasteiger partial charge is 0.388 e.